The molecule has 0 aliphatic carbocycles. The predicted molar refractivity (Wildman–Crippen MR) is 80.0 cm³/mol. The first-order valence-corrected chi connectivity index (χ1v) is 6.94. The Balaban J connectivity index is 2.13. The summed E-state index contributed by atoms with van der Waals surface area (Å²) in [7, 11) is 3.90. The van der Waals surface area contributed by atoms with Crippen LogP contribution in [0.2, 0.25) is 5.02 Å². The zero-order chi connectivity index (χ0) is 13.8. The lowest BCUT2D eigenvalue weighted by molar-refractivity contribution is -0.120. The van der Waals surface area contributed by atoms with Crippen LogP contribution in [0.5, 0.6) is 0 Å². The van der Waals surface area contributed by atoms with E-state index >= 15 is 0 Å². The van der Waals surface area contributed by atoms with Crippen LogP contribution in [-0.2, 0) is 4.79 Å². The zero-order valence-electron chi connectivity index (χ0n) is 11.4. The van der Waals surface area contributed by atoms with Gasteiger partial charge in [-0.1, -0.05) is 11.6 Å². The SMILES string of the molecule is CN(C)c1ccc(Cl)cc1NC(=O)C1CCNCC1. The molecule has 4 nitrogen and oxygen atoms in total. The Morgan fingerprint density at radius 3 is 2.68 bits per heavy atom. The molecule has 1 saturated heterocycles. The molecule has 0 aromatic heterocycles. The van der Waals surface area contributed by atoms with Crippen molar-refractivity contribution in [3.05, 3.63) is 23.2 Å². The fraction of sp³-hybridized carbons (Fsp3) is 0.500. The van der Waals surface area contributed by atoms with Gasteiger partial charge in [-0.3, -0.25) is 4.79 Å². The molecule has 1 aromatic carbocycles. The van der Waals surface area contributed by atoms with Gasteiger partial charge in [-0.15, -0.1) is 0 Å². The van der Waals surface area contributed by atoms with Gasteiger partial charge in [0.25, 0.3) is 0 Å². The van der Waals surface area contributed by atoms with E-state index in [-0.39, 0.29) is 11.8 Å². The second-order valence-corrected chi connectivity index (χ2v) is 5.51. The van der Waals surface area contributed by atoms with E-state index in [1.807, 2.05) is 31.1 Å². The molecule has 1 fully saturated rings. The number of hydrogen-bond acceptors (Lipinski definition) is 3. The van der Waals surface area contributed by atoms with E-state index in [2.05, 4.69) is 10.6 Å². The molecule has 2 N–H and O–H groups in total. The number of hydrogen-bond donors (Lipinski definition) is 2. The highest BCUT2D eigenvalue weighted by Crippen LogP contribution is 2.28. The number of piperidine rings is 1. The molecular formula is C14H20ClN3O. The molecule has 104 valence electrons. The quantitative estimate of drug-likeness (QED) is 0.894. The fourth-order valence-corrected chi connectivity index (χ4v) is 2.49. The standard InChI is InChI=1S/C14H20ClN3O/c1-18(2)13-4-3-11(15)9-12(13)17-14(19)10-5-7-16-8-6-10/h3-4,9-10,16H,5-8H2,1-2H3,(H,17,19). The Morgan fingerprint density at radius 2 is 2.05 bits per heavy atom. The highest BCUT2D eigenvalue weighted by molar-refractivity contribution is 6.31. The van der Waals surface area contributed by atoms with Crippen molar-refractivity contribution in [1.82, 2.24) is 5.32 Å². The van der Waals surface area contributed by atoms with Crippen LogP contribution < -0.4 is 15.5 Å². The summed E-state index contributed by atoms with van der Waals surface area (Å²) in [6.45, 7) is 1.82. The number of nitrogens with zero attached hydrogens (tertiary/aromatic N) is 1. The van der Waals surface area contributed by atoms with Gasteiger partial charge in [0.05, 0.1) is 11.4 Å². The summed E-state index contributed by atoms with van der Waals surface area (Å²) in [6.07, 6.45) is 1.79. The zero-order valence-corrected chi connectivity index (χ0v) is 12.1. The topological polar surface area (TPSA) is 44.4 Å². The second kappa shape index (κ2) is 6.26. The Bertz CT molecular complexity index is 456. The predicted octanol–water partition coefficient (Wildman–Crippen LogP) is 2.34. The molecule has 0 spiro atoms. The van der Waals surface area contributed by atoms with Gasteiger partial charge in [0.2, 0.25) is 5.91 Å². The third-order valence-electron chi connectivity index (χ3n) is 3.41. The Morgan fingerprint density at radius 1 is 1.37 bits per heavy atom. The van der Waals surface area contributed by atoms with Crippen LogP contribution in [0.4, 0.5) is 11.4 Å². The molecule has 1 amide bonds. The normalized spacial score (nSPS) is 16.2. The van der Waals surface area contributed by atoms with Gasteiger partial charge in [-0.2, -0.15) is 0 Å². The number of halogens is 1. The summed E-state index contributed by atoms with van der Waals surface area (Å²) >= 11 is 6.01. The molecule has 0 radical (unpaired) electrons. The highest BCUT2D eigenvalue weighted by atomic mass is 35.5. The summed E-state index contributed by atoms with van der Waals surface area (Å²) in [4.78, 5) is 14.2. The molecule has 1 heterocycles. The molecule has 0 bridgehead atoms. The lowest BCUT2D eigenvalue weighted by Gasteiger charge is -2.24. The molecule has 19 heavy (non-hydrogen) atoms. The fourth-order valence-electron chi connectivity index (χ4n) is 2.32. The maximum atomic E-state index is 12.3. The van der Waals surface area contributed by atoms with Crippen LogP contribution in [-0.4, -0.2) is 33.1 Å². The van der Waals surface area contributed by atoms with Crippen molar-refractivity contribution < 1.29 is 4.79 Å². The minimum absolute atomic E-state index is 0.0897. The van der Waals surface area contributed by atoms with Crippen molar-refractivity contribution >= 4 is 28.9 Å². The van der Waals surface area contributed by atoms with Gasteiger partial charge in [-0.25, -0.2) is 0 Å². The third kappa shape index (κ3) is 3.61. The Kier molecular flexibility index (Phi) is 4.66. The molecule has 2 rings (SSSR count). The third-order valence-corrected chi connectivity index (χ3v) is 3.64. The number of benzene rings is 1. The number of anilines is 2. The van der Waals surface area contributed by atoms with E-state index in [0.717, 1.165) is 37.3 Å². The van der Waals surface area contributed by atoms with Crippen molar-refractivity contribution in [2.24, 2.45) is 5.92 Å². The van der Waals surface area contributed by atoms with Gasteiger partial charge in [0.1, 0.15) is 0 Å². The van der Waals surface area contributed by atoms with E-state index < -0.39 is 0 Å². The van der Waals surface area contributed by atoms with E-state index in [0.29, 0.717) is 5.02 Å². The average Bonchev–Trinajstić information content (AvgIpc) is 2.39. The van der Waals surface area contributed by atoms with E-state index in [1.165, 1.54) is 0 Å². The number of amides is 1. The van der Waals surface area contributed by atoms with E-state index in [9.17, 15) is 4.79 Å². The first-order valence-electron chi connectivity index (χ1n) is 6.56. The molecule has 1 aromatic rings. The molecule has 0 unspecified atom stereocenters. The summed E-state index contributed by atoms with van der Waals surface area (Å²) in [5, 5.41) is 6.90. The van der Waals surface area contributed by atoms with Crippen molar-refractivity contribution in [1.29, 1.82) is 0 Å². The minimum atomic E-state index is 0.0897. The Labute approximate surface area is 119 Å². The first-order chi connectivity index (χ1) is 9.08. The van der Waals surface area contributed by atoms with Crippen LogP contribution >= 0.6 is 11.6 Å². The van der Waals surface area contributed by atoms with Crippen molar-refractivity contribution in [2.75, 3.05) is 37.4 Å². The number of carbonyl (C=O) groups is 1. The monoisotopic (exact) mass is 281 g/mol. The molecule has 0 saturated carbocycles. The van der Waals surface area contributed by atoms with Crippen molar-refractivity contribution in [3.8, 4) is 0 Å². The lowest BCUT2D eigenvalue weighted by Crippen LogP contribution is -2.34. The van der Waals surface area contributed by atoms with E-state index in [1.54, 1.807) is 6.07 Å². The largest absolute Gasteiger partial charge is 0.376 e. The van der Waals surface area contributed by atoms with Crippen LogP contribution in [0.25, 0.3) is 0 Å². The van der Waals surface area contributed by atoms with Gasteiger partial charge in [0.15, 0.2) is 0 Å². The summed E-state index contributed by atoms with van der Waals surface area (Å²) in [5.74, 6) is 0.183. The van der Waals surface area contributed by atoms with Crippen LogP contribution in [0.15, 0.2) is 18.2 Å². The lowest BCUT2D eigenvalue weighted by atomic mass is 9.97. The van der Waals surface area contributed by atoms with Gasteiger partial charge in [0, 0.05) is 25.0 Å². The maximum Gasteiger partial charge on any atom is 0.227 e. The smallest absolute Gasteiger partial charge is 0.227 e. The van der Waals surface area contributed by atoms with Crippen LogP contribution in [0.3, 0.4) is 0 Å². The molecular weight excluding hydrogens is 262 g/mol. The Hall–Kier alpha value is -1.26. The number of carbonyl (C=O) groups excluding carboxylic acids is 1. The first kappa shape index (κ1) is 14.2. The number of rotatable bonds is 3. The second-order valence-electron chi connectivity index (χ2n) is 5.07. The van der Waals surface area contributed by atoms with Crippen molar-refractivity contribution in [2.45, 2.75) is 12.8 Å². The highest BCUT2D eigenvalue weighted by Gasteiger charge is 2.21. The average molecular weight is 282 g/mol. The minimum Gasteiger partial charge on any atom is -0.376 e. The molecule has 1 aliphatic rings. The molecule has 5 heteroatoms. The van der Waals surface area contributed by atoms with Gasteiger partial charge < -0.3 is 15.5 Å². The number of nitrogens with one attached hydrogen (secondary N) is 2. The summed E-state index contributed by atoms with van der Waals surface area (Å²) < 4.78 is 0. The van der Waals surface area contributed by atoms with E-state index in [4.69, 9.17) is 11.6 Å². The molecule has 0 atom stereocenters. The summed E-state index contributed by atoms with van der Waals surface area (Å²) in [5.41, 5.74) is 1.74. The van der Waals surface area contributed by atoms with Gasteiger partial charge >= 0.3 is 0 Å². The van der Waals surface area contributed by atoms with Crippen LogP contribution in [0.1, 0.15) is 12.8 Å². The molecule has 1 aliphatic heterocycles. The summed E-state index contributed by atoms with van der Waals surface area (Å²) in [6, 6.07) is 5.55. The van der Waals surface area contributed by atoms with Crippen molar-refractivity contribution in [3.63, 3.8) is 0 Å². The van der Waals surface area contributed by atoms with Gasteiger partial charge in [-0.05, 0) is 44.1 Å². The maximum absolute atomic E-state index is 12.3. The van der Waals surface area contributed by atoms with Crippen LogP contribution in [0, 0.1) is 5.92 Å².